The largest absolute Gasteiger partial charge is 0.462 e. The number of amides is 2. The van der Waals surface area contributed by atoms with Gasteiger partial charge in [-0.05, 0) is 45.0 Å². The molecule has 2 rings (SSSR count). The molecule has 1 aromatic rings. The first-order chi connectivity index (χ1) is 11.8. The molecule has 0 spiro atoms. The van der Waals surface area contributed by atoms with Gasteiger partial charge in [0.25, 0.3) is 18.3 Å². The summed E-state index contributed by atoms with van der Waals surface area (Å²) in [4.78, 5) is 34.3. The maximum atomic E-state index is 11.8. The number of hydrogen-bond acceptors (Lipinski definition) is 5. The van der Waals surface area contributed by atoms with Crippen molar-refractivity contribution >= 4 is 24.0 Å². The van der Waals surface area contributed by atoms with E-state index in [1.165, 1.54) is 11.0 Å². The van der Waals surface area contributed by atoms with Crippen molar-refractivity contribution in [1.82, 2.24) is 5.32 Å². The Kier molecular flexibility index (Phi) is 7.81. The normalized spacial score (nSPS) is 14.1. The van der Waals surface area contributed by atoms with Crippen molar-refractivity contribution in [1.29, 1.82) is 0 Å². The Morgan fingerprint density at radius 2 is 1.92 bits per heavy atom. The average Bonchev–Trinajstić information content (AvgIpc) is 2.78. The predicted molar refractivity (Wildman–Crippen MR) is 94.2 cm³/mol. The smallest absolute Gasteiger partial charge is 0.293 e. The Morgan fingerprint density at radius 1 is 1.28 bits per heavy atom. The molecule has 136 valence electrons. The molecule has 0 fully saturated rings. The lowest BCUT2D eigenvalue weighted by Gasteiger charge is -2.19. The molecule has 0 aromatic heterocycles. The zero-order chi connectivity index (χ0) is 18.9. The second kappa shape index (κ2) is 9.58. The average molecular weight is 348 g/mol. The summed E-state index contributed by atoms with van der Waals surface area (Å²) in [5.41, 5.74) is 0.945. The first-order valence-corrected chi connectivity index (χ1v) is 7.78. The summed E-state index contributed by atoms with van der Waals surface area (Å²) in [6.07, 6.45) is 3.17. The summed E-state index contributed by atoms with van der Waals surface area (Å²) in [5, 5.41) is 2.54. The maximum absolute atomic E-state index is 11.8. The third kappa shape index (κ3) is 7.17. The van der Waals surface area contributed by atoms with Gasteiger partial charge in [0, 0.05) is 24.4 Å². The van der Waals surface area contributed by atoms with E-state index in [1.807, 2.05) is 20.8 Å². The Hall–Kier alpha value is -2.67. The van der Waals surface area contributed by atoms with Crippen LogP contribution in [-0.2, 0) is 19.1 Å². The van der Waals surface area contributed by atoms with Crippen LogP contribution in [-0.4, -0.2) is 44.3 Å². The molecular weight excluding hydrogens is 324 g/mol. The van der Waals surface area contributed by atoms with E-state index in [1.54, 1.807) is 37.4 Å². The lowest BCUT2D eigenvalue weighted by atomic mass is 10.2. The Bertz CT molecular complexity index is 617. The molecule has 0 aliphatic carbocycles. The summed E-state index contributed by atoms with van der Waals surface area (Å²) < 4.78 is 9.82. The Morgan fingerprint density at radius 3 is 2.40 bits per heavy atom. The van der Waals surface area contributed by atoms with Crippen LogP contribution in [0.4, 0.5) is 5.69 Å². The number of nitrogens with one attached hydrogen (secondary N) is 1. The van der Waals surface area contributed by atoms with Gasteiger partial charge in [-0.15, -0.1) is 0 Å². The highest BCUT2D eigenvalue weighted by molar-refractivity contribution is 6.02. The zero-order valence-corrected chi connectivity index (χ0v) is 14.9. The van der Waals surface area contributed by atoms with Crippen LogP contribution >= 0.6 is 0 Å². The van der Waals surface area contributed by atoms with Crippen LogP contribution < -0.4 is 10.2 Å². The third-order valence-corrected chi connectivity index (χ3v) is 3.03. The number of ether oxygens (including phenoxy) is 2. The van der Waals surface area contributed by atoms with Gasteiger partial charge in [0.05, 0.1) is 6.61 Å². The SMILES string of the molecule is CC(C)(C)OC=O.CNC(=O)c1ccc(N2COCC=CC2=O)cc1. The van der Waals surface area contributed by atoms with E-state index in [4.69, 9.17) is 4.74 Å². The molecule has 0 bridgehead atoms. The van der Waals surface area contributed by atoms with Crippen molar-refractivity contribution in [3.63, 3.8) is 0 Å². The van der Waals surface area contributed by atoms with Crippen LogP contribution in [0.3, 0.4) is 0 Å². The van der Waals surface area contributed by atoms with Crippen molar-refractivity contribution < 1.29 is 23.9 Å². The topological polar surface area (TPSA) is 84.9 Å². The summed E-state index contributed by atoms with van der Waals surface area (Å²) in [7, 11) is 1.58. The van der Waals surface area contributed by atoms with Gasteiger partial charge >= 0.3 is 0 Å². The molecule has 1 aliphatic rings. The first-order valence-electron chi connectivity index (χ1n) is 7.78. The van der Waals surface area contributed by atoms with Gasteiger partial charge < -0.3 is 14.8 Å². The molecule has 0 saturated heterocycles. The molecule has 0 radical (unpaired) electrons. The standard InChI is InChI=1S/C13H14N2O3.C5H10O2/c1-14-13(17)10-4-6-11(7-5-10)15-9-18-8-2-3-12(15)16;1-5(2,3)7-4-6/h2-7H,8-9H2,1H3,(H,14,17);4H,1-3H3. The fourth-order valence-electron chi connectivity index (χ4n) is 1.80. The molecule has 0 atom stereocenters. The number of nitrogens with zero attached hydrogens (tertiary/aromatic N) is 1. The molecule has 7 heteroatoms. The van der Waals surface area contributed by atoms with E-state index in [0.29, 0.717) is 24.3 Å². The van der Waals surface area contributed by atoms with E-state index in [2.05, 4.69) is 10.1 Å². The maximum Gasteiger partial charge on any atom is 0.293 e. The van der Waals surface area contributed by atoms with Gasteiger partial charge in [-0.1, -0.05) is 6.08 Å². The quantitative estimate of drug-likeness (QED) is 0.843. The van der Waals surface area contributed by atoms with E-state index >= 15 is 0 Å². The van der Waals surface area contributed by atoms with Crippen LogP contribution in [0.2, 0.25) is 0 Å². The summed E-state index contributed by atoms with van der Waals surface area (Å²) in [6, 6.07) is 6.81. The lowest BCUT2D eigenvalue weighted by Crippen LogP contribution is -2.30. The van der Waals surface area contributed by atoms with E-state index < -0.39 is 0 Å². The molecule has 7 nitrogen and oxygen atoms in total. The summed E-state index contributed by atoms with van der Waals surface area (Å²) >= 11 is 0. The van der Waals surface area contributed by atoms with Crippen molar-refractivity contribution in [2.75, 3.05) is 25.3 Å². The molecular formula is C18H24N2O5. The Balaban J connectivity index is 0.000000381. The van der Waals surface area contributed by atoms with Crippen molar-refractivity contribution in [2.45, 2.75) is 26.4 Å². The first kappa shape index (κ1) is 20.4. The van der Waals surface area contributed by atoms with Crippen LogP contribution in [0.25, 0.3) is 0 Å². The molecule has 1 aromatic carbocycles. The highest BCUT2D eigenvalue weighted by Crippen LogP contribution is 2.17. The monoisotopic (exact) mass is 348 g/mol. The molecule has 1 N–H and O–H groups in total. The van der Waals surface area contributed by atoms with Gasteiger partial charge in [0.15, 0.2) is 0 Å². The lowest BCUT2D eigenvalue weighted by molar-refractivity contribution is -0.138. The molecule has 1 heterocycles. The number of rotatable bonds is 3. The zero-order valence-electron chi connectivity index (χ0n) is 14.9. The highest BCUT2D eigenvalue weighted by Gasteiger charge is 2.15. The van der Waals surface area contributed by atoms with Gasteiger partial charge in [-0.3, -0.25) is 19.3 Å². The second-order valence-corrected chi connectivity index (χ2v) is 6.12. The van der Waals surface area contributed by atoms with Crippen molar-refractivity contribution in [2.24, 2.45) is 0 Å². The summed E-state index contributed by atoms with van der Waals surface area (Å²) in [5.74, 6) is -0.278. The van der Waals surface area contributed by atoms with Crippen molar-refractivity contribution in [3.8, 4) is 0 Å². The molecule has 1 aliphatic heterocycles. The fourth-order valence-corrected chi connectivity index (χ4v) is 1.80. The highest BCUT2D eigenvalue weighted by atomic mass is 16.5. The van der Waals surface area contributed by atoms with Gasteiger partial charge in [-0.25, -0.2) is 0 Å². The van der Waals surface area contributed by atoms with Crippen LogP contribution in [0, 0.1) is 0 Å². The number of carbonyl (C=O) groups is 3. The van der Waals surface area contributed by atoms with Crippen LogP contribution in [0.15, 0.2) is 36.4 Å². The number of anilines is 1. The summed E-state index contributed by atoms with van der Waals surface area (Å²) in [6.45, 7) is 6.56. The second-order valence-electron chi connectivity index (χ2n) is 6.12. The minimum Gasteiger partial charge on any atom is -0.462 e. The molecule has 2 amide bonds. The molecule has 0 saturated carbocycles. The molecule has 25 heavy (non-hydrogen) atoms. The van der Waals surface area contributed by atoms with Gasteiger partial charge in [-0.2, -0.15) is 0 Å². The minimum absolute atomic E-state index is 0.125. The number of carbonyl (C=O) groups excluding carboxylic acids is 3. The van der Waals surface area contributed by atoms with E-state index in [0.717, 1.165) is 0 Å². The predicted octanol–water partition coefficient (Wildman–Crippen LogP) is 1.88. The minimum atomic E-state index is -0.318. The fraction of sp³-hybridized carbons (Fsp3) is 0.389. The Labute approximate surface area is 147 Å². The van der Waals surface area contributed by atoms with Gasteiger partial charge in [0.1, 0.15) is 12.3 Å². The van der Waals surface area contributed by atoms with Crippen molar-refractivity contribution in [3.05, 3.63) is 42.0 Å². The molecule has 0 unspecified atom stereocenters. The number of benzene rings is 1. The van der Waals surface area contributed by atoms with Gasteiger partial charge in [0.2, 0.25) is 0 Å². The van der Waals surface area contributed by atoms with Crippen LogP contribution in [0.5, 0.6) is 0 Å². The van der Waals surface area contributed by atoms with E-state index in [9.17, 15) is 14.4 Å². The number of hydrogen-bond donors (Lipinski definition) is 1. The third-order valence-electron chi connectivity index (χ3n) is 3.03. The van der Waals surface area contributed by atoms with E-state index in [-0.39, 0.29) is 24.1 Å². The van der Waals surface area contributed by atoms with Crippen LogP contribution in [0.1, 0.15) is 31.1 Å².